The van der Waals surface area contributed by atoms with Crippen LogP contribution in [0.15, 0.2) is 30.6 Å². The first kappa shape index (κ1) is 12.9. The summed E-state index contributed by atoms with van der Waals surface area (Å²) < 4.78 is 28.0. The van der Waals surface area contributed by atoms with E-state index in [0.29, 0.717) is 5.56 Å². The van der Waals surface area contributed by atoms with Crippen LogP contribution in [0.25, 0.3) is 0 Å². The van der Waals surface area contributed by atoms with Gasteiger partial charge < -0.3 is 5.11 Å². The second-order valence-corrected chi connectivity index (χ2v) is 4.02. The van der Waals surface area contributed by atoms with E-state index in [1.807, 2.05) is 0 Å². The third kappa shape index (κ3) is 2.37. The topological polar surface area (TPSA) is 59.3 Å². The van der Waals surface area contributed by atoms with Crippen molar-refractivity contribution in [3.8, 4) is 0 Å². The van der Waals surface area contributed by atoms with Gasteiger partial charge in [-0.25, -0.2) is 13.6 Å². The molecule has 0 aliphatic carbocycles. The van der Waals surface area contributed by atoms with Crippen LogP contribution in [0.1, 0.15) is 21.5 Å². The quantitative estimate of drug-likeness (QED) is 0.849. The fraction of sp³-hybridized carbons (Fsp3) is 0.0769. The van der Waals surface area contributed by atoms with E-state index in [4.69, 9.17) is 5.11 Å². The minimum atomic E-state index is -1.29. The summed E-state index contributed by atoms with van der Waals surface area (Å²) >= 11 is 0. The fourth-order valence-corrected chi connectivity index (χ4v) is 1.71. The van der Waals surface area contributed by atoms with Crippen molar-refractivity contribution in [3.63, 3.8) is 0 Å². The van der Waals surface area contributed by atoms with E-state index in [1.165, 1.54) is 13.0 Å². The number of aryl methyl sites for hydroxylation is 1. The summed E-state index contributed by atoms with van der Waals surface area (Å²) in [5.41, 5.74) is -0.424. The van der Waals surface area contributed by atoms with Crippen molar-refractivity contribution in [2.45, 2.75) is 6.92 Å². The predicted molar refractivity (Wildman–Crippen MR) is 62.4 cm³/mol. The first-order valence-electron chi connectivity index (χ1n) is 5.32. The molecule has 0 amide bonds. The number of hydrogen-bond donors (Lipinski definition) is 1. The Hall–Kier alpha value is -2.50. The first-order chi connectivity index (χ1) is 8.90. The van der Waals surface area contributed by atoms with Crippen molar-refractivity contribution in [2.75, 3.05) is 0 Å². The maximum atomic E-state index is 13.6. The number of carbonyl (C=O) groups is 2. The summed E-state index contributed by atoms with van der Waals surface area (Å²) in [5.74, 6) is -2.83. The number of rotatable bonds is 2. The van der Waals surface area contributed by atoms with E-state index >= 15 is 0 Å². The SMILES string of the molecule is Cc1cc(F)c(C(=O)c2ccn(C(=O)O)c2)c(F)c1. The van der Waals surface area contributed by atoms with Crippen molar-refractivity contribution >= 4 is 11.9 Å². The number of benzene rings is 1. The zero-order chi connectivity index (χ0) is 14.2. The molecule has 0 aliphatic rings. The Balaban J connectivity index is 2.47. The third-order valence-electron chi connectivity index (χ3n) is 2.59. The van der Waals surface area contributed by atoms with Crippen molar-refractivity contribution in [2.24, 2.45) is 0 Å². The van der Waals surface area contributed by atoms with Crippen LogP contribution in [0.4, 0.5) is 13.6 Å². The van der Waals surface area contributed by atoms with Crippen molar-refractivity contribution in [3.05, 3.63) is 58.9 Å². The van der Waals surface area contributed by atoms with Crippen LogP contribution in [0, 0.1) is 18.6 Å². The monoisotopic (exact) mass is 265 g/mol. The summed E-state index contributed by atoms with van der Waals surface area (Å²) in [6.45, 7) is 1.50. The molecule has 6 heteroatoms. The number of hydrogen-bond acceptors (Lipinski definition) is 2. The lowest BCUT2D eigenvalue weighted by Crippen LogP contribution is -2.08. The molecule has 0 saturated heterocycles. The van der Waals surface area contributed by atoms with Gasteiger partial charge in [0.05, 0.1) is 5.56 Å². The number of halogens is 2. The minimum Gasteiger partial charge on any atom is -0.464 e. The van der Waals surface area contributed by atoms with Crippen LogP contribution in [0.5, 0.6) is 0 Å². The Kier molecular flexibility index (Phi) is 3.16. The van der Waals surface area contributed by atoms with Crippen molar-refractivity contribution < 1.29 is 23.5 Å². The maximum absolute atomic E-state index is 13.6. The zero-order valence-corrected chi connectivity index (χ0v) is 9.85. The normalized spacial score (nSPS) is 10.5. The largest absolute Gasteiger partial charge is 0.464 e. The highest BCUT2D eigenvalue weighted by atomic mass is 19.1. The van der Waals surface area contributed by atoms with Gasteiger partial charge in [0.1, 0.15) is 11.6 Å². The molecule has 0 spiro atoms. The lowest BCUT2D eigenvalue weighted by atomic mass is 10.0. The van der Waals surface area contributed by atoms with Gasteiger partial charge >= 0.3 is 6.09 Å². The maximum Gasteiger partial charge on any atom is 0.415 e. The molecule has 0 atom stereocenters. The molecule has 2 aromatic rings. The van der Waals surface area contributed by atoms with Gasteiger partial charge in [0.25, 0.3) is 0 Å². The first-order valence-corrected chi connectivity index (χ1v) is 5.32. The molecule has 2 rings (SSSR count). The Morgan fingerprint density at radius 3 is 2.26 bits per heavy atom. The fourth-order valence-electron chi connectivity index (χ4n) is 1.71. The Morgan fingerprint density at radius 2 is 1.79 bits per heavy atom. The van der Waals surface area contributed by atoms with Gasteiger partial charge in [0.15, 0.2) is 5.78 Å². The van der Waals surface area contributed by atoms with E-state index in [2.05, 4.69) is 0 Å². The number of carboxylic acid groups (broad SMARTS) is 1. The highest BCUT2D eigenvalue weighted by Gasteiger charge is 2.20. The van der Waals surface area contributed by atoms with E-state index in [1.54, 1.807) is 0 Å². The third-order valence-corrected chi connectivity index (χ3v) is 2.59. The molecule has 0 aliphatic heterocycles. The molecule has 0 unspecified atom stereocenters. The highest BCUT2D eigenvalue weighted by Crippen LogP contribution is 2.19. The molecule has 0 radical (unpaired) electrons. The molecule has 1 aromatic carbocycles. The van der Waals surface area contributed by atoms with Crippen molar-refractivity contribution in [1.29, 1.82) is 0 Å². The lowest BCUT2D eigenvalue weighted by molar-refractivity contribution is 0.103. The van der Waals surface area contributed by atoms with Crippen LogP contribution in [0.3, 0.4) is 0 Å². The van der Waals surface area contributed by atoms with Crippen LogP contribution in [-0.2, 0) is 0 Å². The molecular weight excluding hydrogens is 256 g/mol. The summed E-state index contributed by atoms with van der Waals surface area (Å²) in [6, 6.07) is 3.28. The Labute approximate surface area is 106 Å². The molecule has 4 nitrogen and oxygen atoms in total. The molecule has 98 valence electrons. The number of ketones is 1. The van der Waals surface area contributed by atoms with Gasteiger partial charge in [-0.05, 0) is 30.7 Å². The Bertz CT molecular complexity index is 653. The number of nitrogens with zero attached hydrogens (tertiary/aromatic N) is 1. The summed E-state index contributed by atoms with van der Waals surface area (Å²) in [4.78, 5) is 22.6. The second kappa shape index (κ2) is 4.64. The van der Waals surface area contributed by atoms with E-state index in [9.17, 15) is 18.4 Å². The van der Waals surface area contributed by atoms with E-state index in [-0.39, 0.29) is 5.56 Å². The van der Waals surface area contributed by atoms with E-state index in [0.717, 1.165) is 29.1 Å². The minimum absolute atomic E-state index is 0.0935. The van der Waals surface area contributed by atoms with Gasteiger partial charge in [-0.3, -0.25) is 9.36 Å². The van der Waals surface area contributed by atoms with Gasteiger partial charge in [0, 0.05) is 18.0 Å². The zero-order valence-electron chi connectivity index (χ0n) is 9.85. The molecule has 1 N–H and O–H groups in total. The molecular formula is C13H9F2NO3. The van der Waals surface area contributed by atoms with Crippen LogP contribution >= 0.6 is 0 Å². The van der Waals surface area contributed by atoms with Crippen LogP contribution in [-0.4, -0.2) is 21.6 Å². The Morgan fingerprint density at radius 1 is 1.21 bits per heavy atom. The lowest BCUT2D eigenvalue weighted by Gasteiger charge is -2.04. The van der Waals surface area contributed by atoms with Gasteiger partial charge in [0.2, 0.25) is 0 Å². The van der Waals surface area contributed by atoms with Crippen LogP contribution < -0.4 is 0 Å². The molecule has 0 bridgehead atoms. The average Bonchev–Trinajstić information content (AvgIpc) is 2.76. The smallest absolute Gasteiger partial charge is 0.415 e. The van der Waals surface area contributed by atoms with Crippen LogP contribution in [0.2, 0.25) is 0 Å². The number of carbonyl (C=O) groups excluding carboxylic acids is 1. The van der Waals surface area contributed by atoms with Gasteiger partial charge in [-0.15, -0.1) is 0 Å². The van der Waals surface area contributed by atoms with Crippen molar-refractivity contribution in [1.82, 2.24) is 4.57 Å². The predicted octanol–water partition coefficient (Wildman–Crippen LogP) is 2.83. The molecule has 0 saturated carbocycles. The molecule has 1 aromatic heterocycles. The van der Waals surface area contributed by atoms with E-state index < -0.39 is 29.1 Å². The standard InChI is InChI=1S/C13H9F2NO3/c1-7-4-9(14)11(10(15)5-7)12(17)8-2-3-16(6-8)13(18)19/h2-6H,1H3,(H,18,19). The number of aromatic nitrogens is 1. The summed E-state index contributed by atoms with van der Waals surface area (Å²) in [6.07, 6.45) is 0.840. The molecule has 0 fully saturated rings. The highest BCUT2D eigenvalue weighted by molar-refractivity contribution is 6.09. The average molecular weight is 265 g/mol. The molecule has 1 heterocycles. The summed E-state index contributed by atoms with van der Waals surface area (Å²) in [5, 5.41) is 8.70. The van der Waals surface area contributed by atoms with Gasteiger partial charge in [-0.2, -0.15) is 0 Å². The summed E-state index contributed by atoms with van der Waals surface area (Å²) in [7, 11) is 0. The van der Waals surface area contributed by atoms with Gasteiger partial charge in [-0.1, -0.05) is 0 Å². The molecule has 19 heavy (non-hydrogen) atoms. The second-order valence-electron chi connectivity index (χ2n) is 4.02.